The number of rotatable bonds is 8. The molecule has 0 unspecified atom stereocenters. The standard InChI is InChI=1S/C26H24O13/c1-12(27)34-18-9-19(35-13(2)28)23-20(10-18)39-26(25(23)32,38-16(5)31)11-17-7-21(36-14(3)29)24(33-6)22(8-17)37-15(4)30/h7-10H,11H2,1-6H3/t26-/m1/s1. The number of ketones is 1. The predicted octanol–water partition coefficient (Wildman–Crippen LogP) is 2.47. The largest absolute Gasteiger partial charge is 0.490 e. The van der Waals surface area contributed by atoms with E-state index in [0.29, 0.717) is 0 Å². The second-order valence-corrected chi connectivity index (χ2v) is 8.25. The van der Waals surface area contributed by atoms with Crippen LogP contribution in [0, 0.1) is 0 Å². The Morgan fingerprint density at radius 1 is 0.718 bits per heavy atom. The van der Waals surface area contributed by atoms with Crippen LogP contribution < -0.4 is 28.4 Å². The molecule has 0 aliphatic carbocycles. The number of hydrogen-bond donors (Lipinski definition) is 0. The Balaban J connectivity index is 2.18. The third kappa shape index (κ3) is 6.50. The van der Waals surface area contributed by atoms with Crippen LogP contribution in [0.5, 0.6) is 34.5 Å². The molecule has 1 atom stereocenters. The smallest absolute Gasteiger partial charge is 0.322 e. The molecular weight excluding hydrogens is 520 g/mol. The molecule has 206 valence electrons. The molecule has 0 aromatic heterocycles. The molecule has 39 heavy (non-hydrogen) atoms. The summed E-state index contributed by atoms with van der Waals surface area (Å²) in [7, 11) is 1.26. The van der Waals surface area contributed by atoms with Gasteiger partial charge in [0.1, 0.15) is 22.8 Å². The molecule has 3 rings (SSSR count). The van der Waals surface area contributed by atoms with Crippen LogP contribution in [0.1, 0.15) is 50.5 Å². The van der Waals surface area contributed by atoms with Crippen LogP contribution in [0.4, 0.5) is 0 Å². The summed E-state index contributed by atoms with van der Waals surface area (Å²) in [6.07, 6.45) is -0.491. The maximum atomic E-state index is 13.7. The van der Waals surface area contributed by atoms with E-state index in [1.165, 1.54) is 25.3 Å². The summed E-state index contributed by atoms with van der Waals surface area (Å²) in [5.74, 6) is -8.10. The van der Waals surface area contributed by atoms with Crippen LogP contribution in [0.25, 0.3) is 0 Å². The summed E-state index contributed by atoms with van der Waals surface area (Å²) < 4.78 is 37.0. The Morgan fingerprint density at radius 3 is 1.69 bits per heavy atom. The summed E-state index contributed by atoms with van der Waals surface area (Å²) in [5.41, 5.74) is -0.101. The van der Waals surface area contributed by atoms with Gasteiger partial charge in [0.25, 0.3) is 5.78 Å². The van der Waals surface area contributed by atoms with Gasteiger partial charge in [-0.3, -0.25) is 28.8 Å². The van der Waals surface area contributed by atoms with E-state index >= 15 is 0 Å². The van der Waals surface area contributed by atoms with Gasteiger partial charge in [0.15, 0.2) is 11.5 Å². The highest BCUT2D eigenvalue weighted by Gasteiger charge is 2.53. The highest BCUT2D eigenvalue weighted by atomic mass is 16.7. The van der Waals surface area contributed by atoms with E-state index in [2.05, 4.69) is 0 Å². The fourth-order valence-electron chi connectivity index (χ4n) is 3.86. The first-order chi connectivity index (χ1) is 18.2. The minimum Gasteiger partial charge on any atom is -0.490 e. The SMILES string of the molecule is COc1c(OC(C)=O)cc(C[C@@]2(OC(C)=O)Oc3cc(OC(C)=O)cc(OC(C)=O)c3C2=O)cc1OC(C)=O. The van der Waals surface area contributed by atoms with Crippen LogP contribution in [0.3, 0.4) is 0 Å². The van der Waals surface area contributed by atoms with Crippen molar-refractivity contribution in [2.24, 2.45) is 0 Å². The molecule has 2 aromatic carbocycles. The van der Waals surface area contributed by atoms with Crippen LogP contribution in [-0.2, 0) is 35.1 Å². The van der Waals surface area contributed by atoms with Crippen LogP contribution in [0.2, 0.25) is 0 Å². The van der Waals surface area contributed by atoms with Gasteiger partial charge in [-0.2, -0.15) is 0 Å². The van der Waals surface area contributed by atoms with Crippen LogP contribution in [0.15, 0.2) is 24.3 Å². The van der Waals surface area contributed by atoms with Crippen molar-refractivity contribution >= 4 is 35.6 Å². The van der Waals surface area contributed by atoms with E-state index in [4.69, 9.17) is 33.2 Å². The van der Waals surface area contributed by atoms with Gasteiger partial charge in [0.2, 0.25) is 5.75 Å². The molecular formula is C26H24O13. The molecule has 0 bridgehead atoms. The Morgan fingerprint density at radius 2 is 1.23 bits per heavy atom. The second kappa shape index (κ2) is 11.2. The molecule has 1 aliphatic rings. The van der Waals surface area contributed by atoms with E-state index in [1.807, 2.05) is 0 Å². The number of fused-ring (bicyclic) bond motifs is 1. The molecule has 0 saturated heterocycles. The van der Waals surface area contributed by atoms with Crippen molar-refractivity contribution in [2.45, 2.75) is 46.8 Å². The maximum absolute atomic E-state index is 13.7. The number of ether oxygens (including phenoxy) is 7. The van der Waals surface area contributed by atoms with Crippen molar-refractivity contribution in [1.82, 2.24) is 0 Å². The Kier molecular flexibility index (Phi) is 8.23. The molecule has 0 spiro atoms. The highest BCUT2D eigenvalue weighted by molar-refractivity contribution is 6.10. The predicted molar refractivity (Wildman–Crippen MR) is 128 cm³/mol. The third-order valence-electron chi connectivity index (χ3n) is 4.94. The first-order valence-electron chi connectivity index (χ1n) is 11.3. The average molecular weight is 544 g/mol. The van der Waals surface area contributed by atoms with Gasteiger partial charge in [0.05, 0.1) is 13.5 Å². The minimum absolute atomic E-state index is 0.0872. The zero-order valence-corrected chi connectivity index (χ0v) is 21.8. The minimum atomic E-state index is -2.34. The van der Waals surface area contributed by atoms with Crippen molar-refractivity contribution in [3.63, 3.8) is 0 Å². The fraction of sp³-hybridized carbons (Fsp3) is 0.308. The zero-order chi connectivity index (χ0) is 29.1. The third-order valence-corrected chi connectivity index (χ3v) is 4.94. The van der Waals surface area contributed by atoms with Gasteiger partial charge >= 0.3 is 35.6 Å². The number of hydrogen-bond acceptors (Lipinski definition) is 13. The van der Waals surface area contributed by atoms with E-state index in [-0.39, 0.29) is 45.6 Å². The lowest BCUT2D eigenvalue weighted by molar-refractivity contribution is -0.176. The molecule has 0 N–H and O–H groups in total. The molecule has 0 fully saturated rings. The van der Waals surface area contributed by atoms with Gasteiger partial charge in [-0.1, -0.05) is 0 Å². The van der Waals surface area contributed by atoms with Crippen molar-refractivity contribution in [3.05, 3.63) is 35.4 Å². The molecule has 1 aliphatic heterocycles. The summed E-state index contributed by atoms with van der Waals surface area (Å²) >= 11 is 0. The first kappa shape index (κ1) is 28.6. The summed E-state index contributed by atoms with van der Waals surface area (Å²) in [5, 5.41) is 0. The molecule has 0 radical (unpaired) electrons. The van der Waals surface area contributed by atoms with Gasteiger partial charge in [-0.15, -0.1) is 0 Å². The lowest BCUT2D eigenvalue weighted by Gasteiger charge is -2.27. The average Bonchev–Trinajstić information content (AvgIpc) is 3.02. The summed E-state index contributed by atoms with van der Waals surface area (Å²) in [6.45, 7) is 5.54. The quantitative estimate of drug-likeness (QED) is 0.351. The van der Waals surface area contributed by atoms with Gasteiger partial charge in [-0.25, -0.2) is 0 Å². The van der Waals surface area contributed by atoms with Crippen molar-refractivity contribution < 1.29 is 61.9 Å². The van der Waals surface area contributed by atoms with E-state index in [0.717, 1.165) is 40.7 Å². The number of carbonyl (C=O) groups is 6. The number of benzene rings is 2. The summed E-state index contributed by atoms with van der Waals surface area (Å²) in [6, 6.07) is 4.93. The van der Waals surface area contributed by atoms with Gasteiger partial charge < -0.3 is 33.2 Å². The highest BCUT2D eigenvalue weighted by Crippen LogP contribution is 2.47. The zero-order valence-electron chi connectivity index (χ0n) is 21.8. The molecule has 1 heterocycles. The Bertz CT molecular complexity index is 1350. The molecule has 2 aromatic rings. The number of Topliss-reactive ketones (excluding diaryl/α,β-unsaturated/α-hetero) is 1. The van der Waals surface area contributed by atoms with Crippen molar-refractivity contribution in [2.75, 3.05) is 7.11 Å². The van der Waals surface area contributed by atoms with Gasteiger partial charge in [0, 0.05) is 46.8 Å². The number of esters is 5. The molecule has 0 saturated carbocycles. The van der Waals surface area contributed by atoms with Crippen molar-refractivity contribution in [3.8, 4) is 34.5 Å². The Hall–Kier alpha value is -4.94. The number of carbonyl (C=O) groups excluding carboxylic acids is 6. The van der Waals surface area contributed by atoms with E-state index < -0.39 is 47.8 Å². The van der Waals surface area contributed by atoms with Crippen LogP contribution in [-0.4, -0.2) is 48.5 Å². The number of methoxy groups -OCH3 is 1. The first-order valence-corrected chi connectivity index (χ1v) is 11.3. The second-order valence-electron chi connectivity index (χ2n) is 8.25. The van der Waals surface area contributed by atoms with Crippen molar-refractivity contribution in [1.29, 1.82) is 0 Å². The van der Waals surface area contributed by atoms with E-state index in [1.54, 1.807) is 0 Å². The topological polar surface area (TPSA) is 167 Å². The molecule has 13 nitrogen and oxygen atoms in total. The van der Waals surface area contributed by atoms with Crippen LogP contribution >= 0.6 is 0 Å². The van der Waals surface area contributed by atoms with Gasteiger partial charge in [-0.05, 0) is 17.7 Å². The fourth-order valence-corrected chi connectivity index (χ4v) is 3.86. The molecule has 0 amide bonds. The maximum Gasteiger partial charge on any atom is 0.322 e. The monoisotopic (exact) mass is 544 g/mol. The lowest BCUT2D eigenvalue weighted by atomic mass is 9.97. The normalized spacial score (nSPS) is 15.4. The molecule has 13 heteroatoms. The van der Waals surface area contributed by atoms with E-state index in [9.17, 15) is 28.8 Å². The summed E-state index contributed by atoms with van der Waals surface area (Å²) in [4.78, 5) is 72.5. The Labute approximate surface area is 221 Å². The lowest BCUT2D eigenvalue weighted by Crippen LogP contribution is -2.46.